The van der Waals surface area contributed by atoms with Crippen molar-refractivity contribution in [1.82, 2.24) is 14.0 Å². The van der Waals surface area contributed by atoms with Crippen molar-refractivity contribution >= 4 is 27.5 Å². The third kappa shape index (κ3) is 3.17. The fourth-order valence-corrected chi connectivity index (χ4v) is 4.03. The highest BCUT2D eigenvalue weighted by Gasteiger charge is 2.21. The monoisotopic (exact) mass is 349 g/mol. The van der Waals surface area contributed by atoms with Crippen molar-refractivity contribution in [2.75, 3.05) is 13.1 Å². The van der Waals surface area contributed by atoms with E-state index in [4.69, 9.17) is 0 Å². The van der Waals surface area contributed by atoms with Crippen LogP contribution in [0.5, 0.6) is 0 Å². The fraction of sp³-hybridized carbons (Fsp3) is 0.588. The van der Waals surface area contributed by atoms with Gasteiger partial charge >= 0.3 is 5.69 Å². The van der Waals surface area contributed by atoms with Crippen LogP contribution in [-0.2, 0) is 17.9 Å². The molecule has 0 saturated carbocycles. The first-order valence-corrected chi connectivity index (χ1v) is 9.35. The molecule has 2 aromatic rings. The quantitative estimate of drug-likeness (QED) is 0.847. The molecule has 3 rings (SSSR count). The van der Waals surface area contributed by atoms with E-state index in [2.05, 4.69) is 0 Å². The number of likely N-dealkylation sites (tertiary alicyclic amines) is 1. The molecule has 130 valence electrons. The molecule has 7 heteroatoms. The van der Waals surface area contributed by atoms with Crippen LogP contribution in [0.4, 0.5) is 0 Å². The molecular weight excluding hydrogens is 326 g/mol. The van der Waals surface area contributed by atoms with Crippen LogP contribution in [0, 0.1) is 5.92 Å². The Balaban J connectivity index is 2.03. The van der Waals surface area contributed by atoms with Crippen molar-refractivity contribution in [3.63, 3.8) is 0 Å². The molecule has 0 bridgehead atoms. The minimum Gasteiger partial charge on any atom is -0.341 e. The molecule has 0 aliphatic carbocycles. The number of carbonyl (C=O) groups is 1. The molecule has 1 saturated heterocycles. The summed E-state index contributed by atoms with van der Waals surface area (Å²) in [5.74, 6) is 0.137. The van der Waals surface area contributed by atoms with Gasteiger partial charge in [-0.05, 0) is 36.6 Å². The highest BCUT2D eigenvalue weighted by atomic mass is 32.1. The van der Waals surface area contributed by atoms with Gasteiger partial charge in [0.1, 0.15) is 11.2 Å². The van der Waals surface area contributed by atoms with Crippen molar-refractivity contribution < 1.29 is 4.79 Å². The molecule has 0 atom stereocenters. The van der Waals surface area contributed by atoms with Crippen molar-refractivity contribution in [2.24, 2.45) is 5.92 Å². The van der Waals surface area contributed by atoms with E-state index in [1.165, 1.54) is 20.5 Å². The van der Waals surface area contributed by atoms with Gasteiger partial charge < -0.3 is 4.90 Å². The second-order valence-corrected chi connectivity index (χ2v) is 7.67. The Labute approximate surface area is 144 Å². The van der Waals surface area contributed by atoms with Gasteiger partial charge in [-0.15, -0.1) is 11.3 Å². The molecule has 1 fully saturated rings. The number of amides is 1. The summed E-state index contributed by atoms with van der Waals surface area (Å²) in [5.41, 5.74) is -0.0642. The van der Waals surface area contributed by atoms with Gasteiger partial charge in [0.05, 0.1) is 5.52 Å². The standard InChI is InChI=1S/C17H23N3O3S/c1-12(2)10-20-16(22)15-13(6-9-24-15)19(17(20)23)11-14(21)18-7-4-3-5-8-18/h6,9,12H,3-5,7-8,10-11H2,1-2H3. The van der Waals surface area contributed by atoms with E-state index in [1.807, 2.05) is 18.7 Å². The summed E-state index contributed by atoms with van der Waals surface area (Å²) in [7, 11) is 0. The number of carbonyl (C=O) groups excluding carboxylic acids is 1. The van der Waals surface area contributed by atoms with E-state index in [9.17, 15) is 14.4 Å². The second kappa shape index (κ2) is 6.93. The van der Waals surface area contributed by atoms with E-state index in [1.54, 1.807) is 11.4 Å². The summed E-state index contributed by atoms with van der Waals surface area (Å²) in [6.07, 6.45) is 3.18. The number of fused-ring (bicyclic) bond motifs is 1. The SMILES string of the molecule is CC(C)Cn1c(=O)c2sccc2n(CC(=O)N2CCCCC2)c1=O. The highest BCUT2D eigenvalue weighted by molar-refractivity contribution is 7.17. The van der Waals surface area contributed by atoms with Crippen LogP contribution in [0.3, 0.4) is 0 Å². The predicted octanol–water partition coefficient (Wildman–Crippen LogP) is 1.89. The average molecular weight is 349 g/mol. The Hall–Kier alpha value is -1.89. The largest absolute Gasteiger partial charge is 0.341 e. The van der Waals surface area contributed by atoms with Gasteiger partial charge in [-0.1, -0.05) is 13.8 Å². The van der Waals surface area contributed by atoms with Gasteiger partial charge in [0.2, 0.25) is 5.91 Å². The van der Waals surface area contributed by atoms with Crippen LogP contribution in [0.2, 0.25) is 0 Å². The summed E-state index contributed by atoms with van der Waals surface area (Å²) in [6, 6.07) is 1.76. The molecule has 24 heavy (non-hydrogen) atoms. The van der Waals surface area contributed by atoms with Gasteiger partial charge in [-0.2, -0.15) is 0 Å². The molecule has 0 unspecified atom stereocenters. The van der Waals surface area contributed by atoms with Crippen molar-refractivity contribution in [1.29, 1.82) is 0 Å². The Morgan fingerprint density at radius 1 is 1.17 bits per heavy atom. The highest BCUT2D eigenvalue weighted by Crippen LogP contribution is 2.16. The smallest absolute Gasteiger partial charge is 0.332 e. The van der Waals surface area contributed by atoms with Crippen LogP contribution < -0.4 is 11.2 Å². The zero-order chi connectivity index (χ0) is 17.3. The van der Waals surface area contributed by atoms with Crippen LogP contribution in [0.25, 0.3) is 10.2 Å². The predicted molar refractivity (Wildman–Crippen MR) is 95.6 cm³/mol. The van der Waals surface area contributed by atoms with Crippen LogP contribution in [-0.4, -0.2) is 33.0 Å². The topological polar surface area (TPSA) is 64.3 Å². The van der Waals surface area contributed by atoms with Gasteiger partial charge in [0.25, 0.3) is 5.56 Å². The lowest BCUT2D eigenvalue weighted by Gasteiger charge is -2.27. The van der Waals surface area contributed by atoms with E-state index in [0.29, 0.717) is 16.8 Å². The Morgan fingerprint density at radius 2 is 1.88 bits per heavy atom. The molecule has 0 spiro atoms. The number of hydrogen-bond donors (Lipinski definition) is 0. The fourth-order valence-electron chi connectivity index (χ4n) is 3.19. The number of nitrogens with zero attached hydrogens (tertiary/aromatic N) is 3. The van der Waals surface area contributed by atoms with Gasteiger partial charge in [0.15, 0.2) is 0 Å². The minimum atomic E-state index is -0.384. The molecular formula is C17H23N3O3S. The maximum Gasteiger partial charge on any atom is 0.332 e. The number of rotatable bonds is 4. The summed E-state index contributed by atoms with van der Waals surface area (Å²) in [4.78, 5) is 39.8. The molecule has 0 N–H and O–H groups in total. The molecule has 1 aliphatic heterocycles. The van der Waals surface area contributed by atoms with E-state index in [-0.39, 0.29) is 29.6 Å². The first-order valence-electron chi connectivity index (χ1n) is 8.47. The van der Waals surface area contributed by atoms with E-state index >= 15 is 0 Å². The van der Waals surface area contributed by atoms with Crippen molar-refractivity contribution in [2.45, 2.75) is 46.2 Å². The third-order valence-corrected chi connectivity index (χ3v) is 5.28. The molecule has 0 aromatic carbocycles. The van der Waals surface area contributed by atoms with Crippen LogP contribution in [0.15, 0.2) is 21.0 Å². The second-order valence-electron chi connectivity index (χ2n) is 6.75. The van der Waals surface area contributed by atoms with Crippen molar-refractivity contribution in [3.05, 3.63) is 32.3 Å². The summed E-state index contributed by atoms with van der Waals surface area (Å²) in [5, 5.41) is 1.80. The van der Waals surface area contributed by atoms with E-state index < -0.39 is 0 Å². The zero-order valence-corrected chi connectivity index (χ0v) is 15.0. The first-order chi connectivity index (χ1) is 11.5. The van der Waals surface area contributed by atoms with E-state index in [0.717, 1.165) is 32.4 Å². The Morgan fingerprint density at radius 3 is 2.54 bits per heavy atom. The maximum absolute atomic E-state index is 12.8. The lowest BCUT2D eigenvalue weighted by molar-refractivity contribution is -0.132. The number of hydrogen-bond acceptors (Lipinski definition) is 4. The Kier molecular flexibility index (Phi) is 4.89. The lowest BCUT2D eigenvalue weighted by Crippen LogP contribution is -2.44. The normalized spacial score (nSPS) is 15.4. The van der Waals surface area contributed by atoms with Crippen LogP contribution >= 0.6 is 11.3 Å². The number of thiophene rings is 1. The maximum atomic E-state index is 12.8. The van der Waals surface area contributed by atoms with Gasteiger partial charge in [-0.3, -0.25) is 18.7 Å². The first kappa shape index (κ1) is 17.0. The molecule has 6 nitrogen and oxygen atoms in total. The third-order valence-electron chi connectivity index (χ3n) is 4.39. The number of piperidine rings is 1. The van der Waals surface area contributed by atoms with Crippen LogP contribution in [0.1, 0.15) is 33.1 Å². The van der Waals surface area contributed by atoms with Gasteiger partial charge in [-0.25, -0.2) is 4.79 Å². The zero-order valence-electron chi connectivity index (χ0n) is 14.2. The van der Waals surface area contributed by atoms with Gasteiger partial charge in [0, 0.05) is 19.6 Å². The lowest BCUT2D eigenvalue weighted by atomic mass is 10.1. The molecule has 2 aromatic heterocycles. The summed E-state index contributed by atoms with van der Waals surface area (Å²) in [6.45, 7) is 5.81. The Bertz CT molecular complexity index is 856. The molecule has 0 radical (unpaired) electrons. The molecule has 3 heterocycles. The minimum absolute atomic E-state index is 0.00441. The molecule has 1 amide bonds. The number of aromatic nitrogens is 2. The van der Waals surface area contributed by atoms with Crippen molar-refractivity contribution in [3.8, 4) is 0 Å². The average Bonchev–Trinajstić information content (AvgIpc) is 3.05. The summed E-state index contributed by atoms with van der Waals surface area (Å²) >= 11 is 1.32. The molecule has 1 aliphatic rings. The summed E-state index contributed by atoms with van der Waals surface area (Å²) < 4.78 is 3.28.